The summed E-state index contributed by atoms with van der Waals surface area (Å²) in [5.41, 5.74) is 0.667. The monoisotopic (exact) mass is 230 g/mol. The van der Waals surface area contributed by atoms with Crippen molar-refractivity contribution < 1.29 is 0 Å². The molecule has 1 fully saturated rings. The summed E-state index contributed by atoms with van der Waals surface area (Å²) < 4.78 is 0. The van der Waals surface area contributed by atoms with E-state index in [1.807, 2.05) is 12.1 Å². The van der Waals surface area contributed by atoms with E-state index in [0.717, 1.165) is 25.5 Å². The molecule has 0 aliphatic carbocycles. The molecule has 0 saturated carbocycles. The van der Waals surface area contributed by atoms with Crippen molar-refractivity contribution >= 4 is 5.82 Å². The minimum Gasteiger partial charge on any atom is -0.352 e. The van der Waals surface area contributed by atoms with Gasteiger partial charge in [0.1, 0.15) is 11.9 Å². The highest BCUT2D eigenvalue weighted by atomic mass is 15.2. The summed E-state index contributed by atoms with van der Waals surface area (Å²) >= 11 is 0. The molecule has 0 amide bonds. The first-order chi connectivity index (χ1) is 8.36. The van der Waals surface area contributed by atoms with Crippen molar-refractivity contribution in [3.05, 3.63) is 23.9 Å². The van der Waals surface area contributed by atoms with Crippen molar-refractivity contribution in [1.82, 2.24) is 10.3 Å². The molecule has 1 aliphatic rings. The normalized spacial score (nSPS) is 19.6. The lowest BCUT2D eigenvalue weighted by Crippen LogP contribution is -2.46. The molecule has 0 spiro atoms. The fourth-order valence-corrected chi connectivity index (χ4v) is 2.39. The van der Waals surface area contributed by atoms with Gasteiger partial charge in [-0.2, -0.15) is 5.26 Å². The van der Waals surface area contributed by atoms with Crippen LogP contribution in [0.4, 0.5) is 5.82 Å². The molecule has 2 heterocycles. The number of nitrogens with zero attached hydrogens (tertiary/aromatic N) is 3. The molecule has 0 bridgehead atoms. The van der Waals surface area contributed by atoms with Gasteiger partial charge in [-0.05, 0) is 38.4 Å². The van der Waals surface area contributed by atoms with Crippen LogP contribution in [0.2, 0.25) is 0 Å². The summed E-state index contributed by atoms with van der Waals surface area (Å²) in [6.45, 7) is 5.08. The van der Waals surface area contributed by atoms with Crippen LogP contribution in [0, 0.1) is 11.3 Å². The Kier molecular flexibility index (Phi) is 3.94. The van der Waals surface area contributed by atoms with Crippen LogP contribution in [0.5, 0.6) is 0 Å². The molecule has 1 atom stereocenters. The van der Waals surface area contributed by atoms with Gasteiger partial charge in [-0.3, -0.25) is 0 Å². The van der Waals surface area contributed by atoms with Gasteiger partial charge in [0, 0.05) is 25.3 Å². The summed E-state index contributed by atoms with van der Waals surface area (Å²) in [5.74, 6) is 0.825. The number of hydrogen-bond donors (Lipinski definition) is 1. The number of anilines is 1. The van der Waals surface area contributed by atoms with E-state index in [1.165, 1.54) is 12.8 Å². The van der Waals surface area contributed by atoms with Crippen molar-refractivity contribution in [2.75, 3.05) is 24.5 Å². The van der Waals surface area contributed by atoms with E-state index in [9.17, 15) is 0 Å². The molecular weight excluding hydrogens is 212 g/mol. The van der Waals surface area contributed by atoms with E-state index < -0.39 is 0 Å². The van der Waals surface area contributed by atoms with Gasteiger partial charge in [0.2, 0.25) is 0 Å². The van der Waals surface area contributed by atoms with Gasteiger partial charge in [0.15, 0.2) is 0 Å². The second-order valence-electron chi connectivity index (χ2n) is 4.27. The van der Waals surface area contributed by atoms with Crippen molar-refractivity contribution in [3.8, 4) is 6.07 Å². The van der Waals surface area contributed by atoms with Crippen molar-refractivity contribution in [1.29, 1.82) is 5.26 Å². The highest BCUT2D eigenvalue weighted by Gasteiger charge is 2.22. The average molecular weight is 230 g/mol. The Morgan fingerprint density at radius 2 is 2.53 bits per heavy atom. The van der Waals surface area contributed by atoms with Gasteiger partial charge in [0.25, 0.3) is 0 Å². The van der Waals surface area contributed by atoms with Gasteiger partial charge in [-0.1, -0.05) is 0 Å². The van der Waals surface area contributed by atoms with E-state index in [1.54, 1.807) is 6.20 Å². The number of piperidine rings is 1. The number of likely N-dealkylation sites (N-methyl/N-ethyl adjacent to an activating group) is 1. The second-order valence-corrected chi connectivity index (χ2v) is 4.27. The molecule has 1 saturated heterocycles. The first kappa shape index (κ1) is 11.9. The molecule has 4 heteroatoms. The van der Waals surface area contributed by atoms with Crippen LogP contribution < -0.4 is 10.2 Å². The molecule has 1 aliphatic heterocycles. The fraction of sp³-hybridized carbons (Fsp3) is 0.538. The zero-order valence-corrected chi connectivity index (χ0v) is 10.2. The maximum absolute atomic E-state index is 9.13. The highest BCUT2D eigenvalue weighted by molar-refractivity contribution is 5.54. The number of pyridine rings is 1. The van der Waals surface area contributed by atoms with Crippen molar-refractivity contribution in [2.24, 2.45) is 0 Å². The summed E-state index contributed by atoms with van der Waals surface area (Å²) in [4.78, 5) is 6.61. The van der Waals surface area contributed by atoms with Gasteiger partial charge in [-0.25, -0.2) is 4.98 Å². The Hall–Kier alpha value is -1.60. The van der Waals surface area contributed by atoms with Crippen LogP contribution >= 0.6 is 0 Å². The fourth-order valence-electron chi connectivity index (χ4n) is 2.39. The van der Waals surface area contributed by atoms with Crippen molar-refractivity contribution in [3.63, 3.8) is 0 Å². The average Bonchev–Trinajstić information content (AvgIpc) is 2.41. The first-order valence-corrected chi connectivity index (χ1v) is 6.19. The lowest BCUT2D eigenvalue weighted by molar-refractivity contribution is 0.433. The van der Waals surface area contributed by atoms with E-state index in [0.29, 0.717) is 11.6 Å². The van der Waals surface area contributed by atoms with Crippen molar-refractivity contribution in [2.45, 2.75) is 25.8 Å². The lowest BCUT2D eigenvalue weighted by atomic mass is 10.1. The summed E-state index contributed by atoms with van der Waals surface area (Å²) in [6, 6.07) is 6.33. The van der Waals surface area contributed by atoms with E-state index >= 15 is 0 Å². The maximum Gasteiger partial charge on any atom is 0.146 e. The zero-order valence-electron chi connectivity index (χ0n) is 10.2. The van der Waals surface area contributed by atoms with E-state index in [4.69, 9.17) is 5.26 Å². The quantitative estimate of drug-likeness (QED) is 0.855. The van der Waals surface area contributed by atoms with Crippen LogP contribution in [-0.4, -0.2) is 30.7 Å². The zero-order chi connectivity index (χ0) is 12.1. The van der Waals surface area contributed by atoms with Crippen LogP contribution in [0.1, 0.15) is 25.3 Å². The van der Waals surface area contributed by atoms with E-state index in [-0.39, 0.29) is 0 Å². The maximum atomic E-state index is 9.13. The molecule has 90 valence electrons. The molecule has 1 unspecified atom stereocenters. The topological polar surface area (TPSA) is 52.0 Å². The number of nitrogens with one attached hydrogen (secondary N) is 1. The Bertz CT molecular complexity index is 404. The summed E-state index contributed by atoms with van der Waals surface area (Å²) in [5, 5.41) is 12.5. The largest absolute Gasteiger partial charge is 0.352 e. The third-order valence-corrected chi connectivity index (χ3v) is 3.23. The number of nitriles is 1. The third-order valence-electron chi connectivity index (χ3n) is 3.23. The highest BCUT2D eigenvalue weighted by Crippen LogP contribution is 2.21. The van der Waals surface area contributed by atoms with Crippen LogP contribution in [0.15, 0.2) is 18.3 Å². The molecule has 1 aromatic heterocycles. The Morgan fingerprint density at radius 3 is 3.18 bits per heavy atom. The molecule has 1 N–H and O–H groups in total. The number of hydrogen-bond acceptors (Lipinski definition) is 4. The van der Waals surface area contributed by atoms with Crippen LogP contribution in [-0.2, 0) is 0 Å². The Balaban J connectivity index is 2.25. The molecule has 0 aromatic carbocycles. The molecule has 1 aromatic rings. The van der Waals surface area contributed by atoms with Gasteiger partial charge in [0.05, 0.1) is 5.56 Å². The Labute approximate surface area is 102 Å². The smallest absolute Gasteiger partial charge is 0.146 e. The third kappa shape index (κ3) is 2.56. The molecule has 2 rings (SSSR count). The van der Waals surface area contributed by atoms with Crippen LogP contribution in [0.25, 0.3) is 0 Å². The minimum atomic E-state index is 0.454. The summed E-state index contributed by atoms with van der Waals surface area (Å²) in [6.07, 6.45) is 4.12. The second kappa shape index (κ2) is 5.65. The standard InChI is InChI=1S/C13H18N4/c1-2-17(12-6-4-7-15-10-12)13-11(9-14)5-3-8-16-13/h3,5,8,12,15H,2,4,6-7,10H2,1H3. The SMILES string of the molecule is CCN(c1ncccc1C#N)C1CCCNC1. The lowest BCUT2D eigenvalue weighted by Gasteiger charge is -2.35. The van der Waals surface area contributed by atoms with Gasteiger partial charge in [-0.15, -0.1) is 0 Å². The number of aromatic nitrogens is 1. The number of rotatable bonds is 3. The minimum absolute atomic E-state index is 0.454. The van der Waals surface area contributed by atoms with E-state index in [2.05, 4.69) is 28.2 Å². The molecule has 0 radical (unpaired) electrons. The first-order valence-electron chi connectivity index (χ1n) is 6.19. The summed E-state index contributed by atoms with van der Waals surface area (Å²) in [7, 11) is 0. The van der Waals surface area contributed by atoms with Gasteiger partial charge < -0.3 is 10.2 Å². The van der Waals surface area contributed by atoms with Gasteiger partial charge >= 0.3 is 0 Å². The molecule has 4 nitrogen and oxygen atoms in total. The molecular formula is C13H18N4. The van der Waals surface area contributed by atoms with Crippen LogP contribution in [0.3, 0.4) is 0 Å². The predicted octanol–water partition coefficient (Wildman–Crippen LogP) is 1.53. The molecule has 17 heavy (non-hydrogen) atoms. The predicted molar refractivity (Wildman–Crippen MR) is 67.9 cm³/mol. The Morgan fingerprint density at radius 1 is 1.65 bits per heavy atom.